The molecule has 0 aromatic carbocycles. The van der Waals surface area contributed by atoms with E-state index < -0.39 is 19.1 Å². The average molecular weight is 147 g/mol. The van der Waals surface area contributed by atoms with Crippen LogP contribution in [-0.4, -0.2) is 34.3 Å². The van der Waals surface area contributed by atoms with Crippen LogP contribution in [0.3, 0.4) is 0 Å². The summed E-state index contributed by atoms with van der Waals surface area (Å²) in [5.74, 6) is -1.12. The second-order valence-corrected chi connectivity index (χ2v) is 2.00. The van der Waals surface area contributed by atoms with Crippen molar-refractivity contribution in [3.05, 3.63) is 0 Å². The van der Waals surface area contributed by atoms with Crippen LogP contribution in [-0.2, 0) is 4.79 Å². The van der Waals surface area contributed by atoms with E-state index in [1.54, 1.807) is 0 Å². The molecule has 0 aromatic heterocycles. The van der Waals surface area contributed by atoms with Gasteiger partial charge in [-0.25, -0.2) is 0 Å². The van der Waals surface area contributed by atoms with Crippen LogP contribution in [0.1, 0.15) is 6.42 Å². The third kappa shape index (κ3) is 4.31. The van der Waals surface area contributed by atoms with Crippen LogP contribution >= 0.6 is 0 Å². The molecular formula is C4H10BNO4. The van der Waals surface area contributed by atoms with Crippen LogP contribution < -0.4 is 5.73 Å². The Bertz CT molecular complexity index is 118. The number of nitrogens with two attached hydrogens (primary N) is 1. The first kappa shape index (κ1) is 9.41. The van der Waals surface area contributed by atoms with Gasteiger partial charge >= 0.3 is 13.1 Å². The summed E-state index contributed by atoms with van der Waals surface area (Å²) in [5.41, 5.74) is 5.04. The van der Waals surface area contributed by atoms with Gasteiger partial charge in [0.2, 0.25) is 0 Å². The van der Waals surface area contributed by atoms with E-state index >= 15 is 0 Å². The predicted molar refractivity (Wildman–Crippen MR) is 35.2 cm³/mol. The molecule has 6 heteroatoms. The summed E-state index contributed by atoms with van der Waals surface area (Å²) in [6.45, 7) is 0. The third-order valence-corrected chi connectivity index (χ3v) is 1.05. The summed E-state index contributed by atoms with van der Waals surface area (Å²) in [5, 5.41) is 24.8. The predicted octanol–water partition coefficient (Wildman–Crippen LogP) is -1.74. The van der Waals surface area contributed by atoms with E-state index in [0.29, 0.717) is 0 Å². The van der Waals surface area contributed by atoms with Gasteiger partial charge in [0.1, 0.15) is 6.04 Å². The van der Waals surface area contributed by atoms with E-state index in [1.807, 2.05) is 0 Å². The molecule has 58 valence electrons. The summed E-state index contributed by atoms with van der Waals surface area (Å²) >= 11 is 0. The van der Waals surface area contributed by atoms with Gasteiger partial charge in [-0.1, -0.05) is 0 Å². The van der Waals surface area contributed by atoms with Gasteiger partial charge < -0.3 is 20.9 Å². The van der Waals surface area contributed by atoms with Gasteiger partial charge in [-0.05, 0) is 12.7 Å². The Morgan fingerprint density at radius 3 is 2.40 bits per heavy atom. The largest absolute Gasteiger partial charge is 0.480 e. The first-order valence-corrected chi connectivity index (χ1v) is 2.88. The Hall–Kier alpha value is -0.585. The fourth-order valence-corrected chi connectivity index (χ4v) is 0.452. The molecule has 0 rings (SSSR count). The van der Waals surface area contributed by atoms with Gasteiger partial charge in [-0.3, -0.25) is 4.79 Å². The molecule has 0 amide bonds. The van der Waals surface area contributed by atoms with Crippen molar-refractivity contribution in [3.8, 4) is 0 Å². The van der Waals surface area contributed by atoms with Crippen molar-refractivity contribution in [2.24, 2.45) is 5.73 Å². The molecule has 0 heterocycles. The highest BCUT2D eigenvalue weighted by molar-refractivity contribution is 6.40. The van der Waals surface area contributed by atoms with Crippen LogP contribution in [0, 0.1) is 0 Å². The molecule has 0 aliphatic carbocycles. The number of hydrogen-bond donors (Lipinski definition) is 4. The van der Waals surface area contributed by atoms with Gasteiger partial charge in [0, 0.05) is 0 Å². The molecule has 0 unspecified atom stereocenters. The number of carboxylic acids is 1. The second-order valence-electron chi connectivity index (χ2n) is 2.00. The highest BCUT2D eigenvalue weighted by atomic mass is 16.4. The lowest BCUT2D eigenvalue weighted by Crippen LogP contribution is -2.31. The van der Waals surface area contributed by atoms with Gasteiger partial charge in [0.25, 0.3) is 0 Å². The van der Waals surface area contributed by atoms with Gasteiger partial charge in [-0.2, -0.15) is 0 Å². The van der Waals surface area contributed by atoms with Crippen molar-refractivity contribution in [1.29, 1.82) is 0 Å². The molecule has 0 aliphatic rings. The number of aliphatic carboxylic acids is 1. The SMILES string of the molecule is N[C@H](CCB(O)O)C(=O)O. The molecular weight excluding hydrogens is 137 g/mol. The van der Waals surface area contributed by atoms with E-state index in [1.165, 1.54) is 0 Å². The first-order chi connectivity index (χ1) is 4.54. The highest BCUT2D eigenvalue weighted by Crippen LogP contribution is 1.96. The van der Waals surface area contributed by atoms with Crippen LogP contribution in [0.15, 0.2) is 0 Å². The molecule has 10 heavy (non-hydrogen) atoms. The van der Waals surface area contributed by atoms with Crippen molar-refractivity contribution in [3.63, 3.8) is 0 Å². The Labute approximate surface area is 58.6 Å². The molecule has 0 saturated heterocycles. The Balaban J connectivity index is 3.40. The zero-order valence-electron chi connectivity index (χ0n) is 5.40. The Morgan fingerprint density at radius 2 is 2.10 bits per heavy atom. The monoisotopic (exact) mass is 147 g/mol. The van der Waals surface area contributed by atoms with Crippen LogP contribution in [0.4, 0.5) is 0 Å². The van der Waals surface area contributed by atoms with Gasteiger partial charge in [-0.15, -0.1) is 0 Å². The maximum Gasteiger partial charge on any atom is 0.451 e. The Morgan fingerprint density at radius 1 is 1.60 bits per heavy atom. The van der Waals surface area contributed by atoms with Crippen molar-refractivity contribution in [1.82, 2.24) is 0 Å². The quantitative estimate of drug-likeness (QED) is 0.353. The molecule has 1 atom stereocenters. The van der Waals surface area contributed by atoms with Crippen molar-refractivity contribution >= 4 is 13.1 Å². The number of rotatable bonds is 4. The van der Waals surface area contributed by atoms with E-state index in [4.69, 9.17) is 20.9 Å². The molecule has 0 bridgehead atoms. The van der Waals surface area contributed by atoms with Gasteiger partial charge in [0.05, 0.1) is 0 Å². The average Bonchev–Trinajstić information content (AvgIpc) is 1.82. The van der Waals surface area contributed by atoms with Crippen molar-refractivity contribution in [2.75, 3.05) is 0 Å². The summed E-state index contributed by atoms with van der Waals surface area (Å²) in [6.07, 6.45) is 0.0699. The van der Waals surface area contributed by atoms with Crippen molar-refractivity contribution in [2.45, 2.75) is 18.8 Å². The van der Waals surface area contributed by atoms with E-state index in [2.05, 4.69) is 0 Å². The maximum absolute atomic E-state index is 10.0. The second kappa shape index (κ2) is 4.27. The smallest absolute Gasteiger partial charge is 0.451 e. The summed E-state index contributed by atoms with van der Waals surface area (Å²) in [4.78, 5) is 10.0. The molecule has 0 fully saturated rings. The molecule has 5 N–H and O–H groups in total. The fourth-order valence-electron chi connectivity index (χ4n) is 0.452. The highest BCUT2D eigenvalue weighted by Gasteiger charge is 2.15. The number of carboxylic acid groups (broad SMARTS) is 1. The minimum atomic E-state index is -1.47. The summed E-state index contributed by atoms with van der Waals surface area (Å²) in [6, 6.07) is -0.998. The topological polar surface area (TPSA) is 104 Å². The van der Waals surface area contributed by atoms with E-state index in [0.717, 1.165) is 0 Å². The summed E-state index contributed by atoms with van der Waals surface area (Å²) < 4.78 is 0. The zero-order valence-corrected chi connectivity index (χ0v) is 5.40. The minimum absolute atomic E-state index is 0.00648. The van der Waals surface area contributed by atoms with E-state index in [-0.39, 0.29) is 12.7 Å². The molecule has 0 aliphatic heterocycles. The summed E-state index contributed by atoms with van der Waals surface area (Å²) in [7, 11) is -1.47. The third-order valence-electron chi connectivity index (χ3n) is 1.05. The van der Waals surface area contributed by atoms with E-state index in [9.17, 15) is 4.79 Å². The maximum atomic E-state index is 10.0. The lowest BCUT2D eigenvalue weighted by atomic mass is 9.83. The molecule has 5 nitrogen and oxygen atoms in total. The van der Waals surface area contributed by atoms with Gasteiger partial charge in [0.15, 0.2) is 0 Å². The Kier molecular flexibility index (Phi) is 4.02. The lowest BCUT2D eigenvalue weighted by molar-refractivity contribution is -0.138. The standard InChI is InChI=1S/C4H10BNO4/c6-3(4(7)8)1-2-5(9)10/h3,9-10H,1-2,6H2,(H,7,8)/t3-/m1/s1. The number of hydrogen-bond acceptors (Lipinski definition) is 4. The fraction of sp³-hybridized carbons (Fsp3) is 0.750. The van der Waals surface area contributed by atoms with Crippen LogP contribution in [0.5, 0.6) is 0 Å². The minimum Gasteiger partial charge on any atom is -0.480 e. The zero-order chi connectivity index (χ0) is 8.15. The lowest BCUT2D eigenvalue weighted by Gasteiger charge is -2.03. The number of carbonyl (C=O) groups is 1. The molecule has 0 spiro atoms. The van der Waals surface area contributed by atoms with Crippen molar-refractivity contribution < 1.29 is 19.9 Å². The normalized spacial score (nSPS) is 12.7. The molecule has 0 radical (unpaired) electrons. The van der Waals surface area contributed by atoms with Crippen LogP contribution in [0.2, 0.25) is 6.32 Å². The molecule has 0 saturated carbocycles. The van der Waals surface area contributed by atoms with Crippen LogP contribution in [0.25, 0.3) is 0 Å². The first-order valence-electron chi connectivity index (χ1n) is 2.88. The molecule has 0 aromatic rings.